The Bertz CT molecular complexity index is 912. The average Bonchev–Trinajstić information content (AvgIpc) is 2.88. The molecule has 3 aromatic rings. The van der Waals surface area contributed by atoms with E-state index in [1.54, 1.807) is 9.58 Å². The molecule has 3 rings (SSSR count). The molecule has 0 aliphatic heterocycles. The summed E-state index contributed by atoms with van der Waals surface area (Å²) in [5, 5.41) is 5.30. The van der Waals surface area contributed by atoms with Crippen molar-refractivity contribution in [2.75, 3.05) is 7.05 Å². The average molecular weight is 336 g/mol. The van der Waals surface area contributed by atoms with Crippen LogP contribution in [0.25, 0.3) is 11.0 Å². The van der Waals surface area contributed by atoms with Gasteiger partial charge in [0.15, 0.2) is 5.65 Å². The number of rotatable bonds is 4. The van der Waals surface area contributed by atoms with Crippen molar-refractivity contribution >= 4 is 16.9 Å². The summed E-state index contributed by atoms with van der Waals surface area (Å²) in [6.45, 7) is 6.66. The summed E-state index contributed by atoms with van der Waals surface area (Å²) in [4.78, 5) is 19.6. The molecule has 5 heteroatoms. The maximum atomic E-state index is 13.2. The van der Waals surface area contributed by atoms with Crippen LogP contribution in [-0.4, -0.2) is 32.6 Å². The predicted molar refractivity (Wildman–Crippen MR) is 99.6 cm³/mol. The Morgan fingerprint density at radius 1 is 1.24 bits per heavy atom. The van der Waals surface area contributed by atoms with Gasteiger partial charge in [-0.3, -0.25) is 9.48 Å². The van der Waals surface area contributed by atoms with E-state index < -0.39 is 0 Å². The summed E-state index contributed by atoms with van der Waals surface area (Å²) in [7, 11) is 3.71. The third kappa shape index (κ3) is 3.27. The van der Waals surface area contributed by atoms with Crippen molar-refractivity contribution in [1.82, 2.24) is 19.7 Å². The minimum absolute atomic E-state index is 0.00532. The zero-order valence-corrected chi connectivity index (χ0v) is 15.4. The maximum absolute atomic E-state index is 13.2. The minimum atomic E-state index is -0.00532. The number of carbonyl (C=O) groups excluding carboxylic acids is 1. The van der Waals surface area contributed by atoms with Crippen molar-refractivity contribution in [1.29, 1.82) is 0 Å². The van der Waals surface area contributed by atoms with Crippen LogP contribution >= 0.6 is 0 Å². The SMILES string of the molecule is Cc1nn(C)c2nc(C(C)C)cc(C(=O)N(C)Cc3ccccc3)c12. The fourth-order valence-corrected chi connectivity index (χ4v) is 3.06. The van der Waals surface area contributed by atoms with Gasteiger partial charge in [-0.15, -0.1) is 0 Å². The summed E-state index contributed by atoms with van der Waals surface area (Å²) in [5.74, 6) is 0.236. The largest absolute Gasteiger partial charge is 0.337 e. The smallest absolute Gasteiger partial charge is 0.254 e. The van der Waals surface area contributed by atoms with Gasteiger partial charge in [-0.2, -0.15) is 5.10 Å². The molecular weight excluding hydrogens is 312 g/mol. The van der Waals surface area contributed by atoms with E-state index in [0.29, 0.717) is 12.1 Å². The summed E-state index contributed by atoms with van der Waals surface area (Å²) in [6, 6.07) is 11.9. The van der Waals surface area contributed by atoms with E-state index in [1.165, 1.54) is 0 Å². The lowest BCUT2D eigenvalue weighted by atomic mass is 10.0. The van der Waals surface area contributed by atoms with E-state index in [4.69, 9.17) is 4.98 Å². The van der Waals surface area contributed by atoms with Crippen LogP contribution in [0.15, 0.2) is 36.4 Å². The molecule has 0 aliphatic carbocycles. The van der Waals surface area contributed by atoms with Gasteiger partial charge in [0.25, 0.3) is 5.91 Å². The Kier molecular flexibility index (Phi) is 4.57. The molecule has 5 nitrogen and oxygen atoms in total. The molecule has 0 N–H and O–H groups in total. The first-order chi connectivity index (χ1) is 11.9. The van der Waals surface area contributed by atoms with E-state index in [2.05, 4.69) is 18.9 Å². The lowest BCUT2D eigenvalue weighted by Gasteiger charge is -2.19. The van der Waals surface area contributed by atoms with Crippen molar-refractivity contribution < 1.29 is 4.79 Å². The van der Waals surface area contributed by atoms with Crippen LogP contribution in [0, 0.1) is 6.92 Å². The van der Waals surface area contributed by atoms with Crippen LogP contribution in [0.4, 0.5) is 0 Å². The number of fused-ring (bicyclic) bond motifs is 1. The molecule has 0 saturated carbocycles. The van der Waals surface area contributed by atoms with Gasteiger partial charge >= 0.3 is 0 Å². The molecule has 1 amide bonds. The van der Waals surface area contributed by atoms with Crippen LogP contribution in [0.1, 0.15) is 47.1 Å². The second-order valence-corrected chi connectivity index (χ2v) is 6.80. The number of pyridine rings is 1. The van der Waals surface area contributed by atoms with E-state index in [0.717, 1.165) is 28.0 Å². The van der Waals surface area contributed by atoms with Crippen molar-refractivity contribution in [2.24, 2.45) is 7.05 Å². The van der Waals surface area contributed by atoms with Gasteiger partial charge in [0.05, 0.1) is 16.6 Å². The Morgan fingerprint density at radius 3 is 2.56 bits per heavy atom. The second-order valence-electron chi connectivity index (χ2n) is 6.80. The zero-order chi connectivity index (χ0) is 18.1. The van der Waals surface area contributed by atoms with Gasteiger partial charge < -0.3 is 4.90 Å². The number of aromatic nitrogens is 3. The van der Waals surface area contributed by atoms with Crippen molar-refractivity contribution in [3.63, 3.8) is 0 Å². The quantitative estimate of drug-likeness (QED) is 0.730. The highest BCUT2D eigenvalue weighted by Gasteiger charge is 2.22. The van der Waals surface area contributed by atoms with Gasteiger partial charge in [0, 0.05) is 26.3 Å². The van der Waals surface area contributed by atoms with Crippen LogP contribution < -0.4 is 0 Å². The molecule has 2 heterocycles. The monoisotopic (exact) mass is 336 g/mol. The summed E-state index contributed by atoms with van der Waals surface area (Å²) in [5.41, 5.74) is 4.29. The molecule has 0 bridgehead atoms. The number of benzene rings is 1. The molecule has 0 unspecified atom stereocenters. The molecule has 0 fully saturated rings. The van der Waals surface area contributed by atoms with Crippen LogP contribution in [0.5, 0.6) is 0 Å². The van der Waals surface area contributed by atoms with E-state index >= 15 is 0 Å². The first kappa shape index (κ1) is 17.1. The number of amides is 1. The van der Waals surface area contributed by atoms with Gasteiger partial charge in [0.2, 0.25) is 0 Å². The van der Waals surface area contributed by atoms with Gasteiger partial charge in [-0.1, -0.05) is 44.2 Å². The summed E-state index contributed by atoms with van der Waals surface area (Å²) < 4.78 is 1.75. The Hall–Kier alpha value is -2.69. The van der Waals surface area contributed by atoms with Crippen LogP contribution in [0.3, 0.4) is 0 Å². The number of carbonyl (C=O) groups is 1. The van der Waals surface area contributed by atoms with Crippen molar-refractivity contribution in [3.05, 3.63) is 58.9 Å². The number of hydrogen-bond donors (Lipinski definition) is 0. The van der Waals surface area contributed by atoms with E-state index in [-0.39, 0.29) is 11.8 Å². The van der Waals surface area contributed by atoms with Gasteiger partial charge in [-0.25, -0.2) is 4.98 Å². The van der Waals surface area contributed by atoms with E-state index in [1.807, 2.05) is 57.4 Å². The number of hydrogen-bond acceptors (Lipinski definition) is 3. The molecule has 130 valence electrons. The number of aryl methyl sites for hydroxylation is 2. The molecule has 0 spiro atoms. The van der Waals surface area contributed by atoms with Gasteiger partial charge in [0.1, 0.15) is 0 Å². The molecular formula is C20H24N4O. The minimum Gasteiger partial charge on any atom is -0.337 e. The molecule has 1 aromatic carbocycles. The molecule has 25 heavy (non-hydrogen) atoms. The van der Waals surface area contributed by atoms with Crippen LogP contribution in [-0.2, 0) is 13.6 Å². The molecule has 0 saturated heterocycles. The molecule has 0 radical (unpaired) electrons. The third-order valence-corrected chi connectivity index (χ3v) is 4.42. The Balaban J connectivity index is 2.05. The standard InChI is InChI=1S/C20H24N4O/c1-13(2)17-11-16(18-14(3)22-24(5)19(18)21-17)20(25)23(4)12-15-9-7-6-8-10-15/h6-11,13H,12H2,1-5H3. The van der Waals surface area contributed by atoms with E-state index in [9.17, 15) is 4.79 Å². The molecule has 0 aliphatic rings. The first-order valence-electron chi connectivity index (χ1n) is 8.52. The number of nitrogens with zero attached hydrogens (tertiary/aromatic N) is 4. The highest BCUT2D eigenvalue weighted by Crippen LogP contribution is 2.26. The Labute approximate surface area is 148 Å². The summed E-state index contributed by atoms with van der Waals surface area (Å²) in [6.07, 6.45) is 0. The Morgan fingerprint density at radius 2 is 1.92 bits per heavy atom. The normalized spacial score (nSPS) is 11.3. The zero-order valence-electron chi connectivity index (χ0n) is 15.4. The second kappa shape index (κ2) is 6.67. The fraction of sp³-hybridized carbons (Fsp3) is 0.350. The lowest BCUT2D eigenvalue weighted by Crippen LogP contribution is -2.26. The highest BCUT2D eigenvalue weighted by atomic mass is 16.2. The predicted octanol–water partition coefficient (Wildman–Crippen LogP) is 3.67. The first-order valence-corrected chi connectivity index (χ1v) is 8.52. The van der Waals surface area contributed by atoms with Gasteiger partial charge in [-0.05, 0) is 24.5 Å². The van der Waals surface area contributed by atoms with Crippen LogP contribution in [0.2, 0.25) is 0 Å². The summed E-state index contributed by atoms with van der Waals surface area (Å²) >= 11 is 0. The maximum Gasteiger partial charge on any atom is 0.254 e. The molecule has 2 aromatic heterocycles. The highest BCUT2D eigenvalue weighted by molar-refractivity contribution is 6.06. The van der Waals surface area contributed by atoms with Crippen molar-refractivity contribution in [2.45, 2.75) is 33.2 Å². The fourth-order valence-electron chi connectivity index (χ4n) is 3.06. The lowest BCUT2D eigenvalue weighted by molar-refractivity contribution is 0.0787. The third-order valence-electron chi connectivity index (χ3n) is 4.42. The molecule has 0 atom stereocenters. The van der Waals surface area contributed by atoms with Crippen molar-refractivity contribution in [3.8, 4) is 0 Å². The topological polar surface area (TPSA) is 51.0 Å².